The van der Waals surface area contributed by atoms with Crippen LogP contribution >= 0.6 is 11.6 Å². The van der Waals surface area contributed by atoms with Crippen LogP contribution in [0.4, 0.5) is 5.69 Å². The summed E-state index contributed by atoms with van der Waals surface area (Å²) in [5.41, 5.74) is 2.42. The number of hydrogen-bond donors (Lipinski definition) is 0. The van der Waals surface area contributed by atoms with E-state index in [1.165, 1.54) is 12.1 Å². The van der Waals surface area contributed by atoms with E-state index in [9.17, 15) is 10.1 Å². The zero-order chi connectivity index (χ0) is 16.1. The van der Waals surface area contributed by atoms with Crippen LogP contribution in [0.2, 0.25) is 5.15 Å². The van der Waals surface area contributed by atoms with Gasteiger partial charge in [-0.3, -0.25) is 10.1 Å². The lowest BCUT2D eigenvalue weighted by Crippen LogP contribution is -2.18. The molecular weight excluding hydrogens is 302 g/mol. The summed E-state index contributed by atoms with van der Waals surface area (Å²) in [7, 11) is 2.05. The number of non-ortho nitro benzene ring substituents is 1. The maximum atomic E-state index is 10.9. The SMILES string of the molecule is CCCN(C)Cc1cc(Cl)nc(-c2cccc([N+](=O)[O-])c2)c1. The smallest absolute Gasteiger partial charge is 0.270 e. The van der Waals surface area contributed by atoms with E-state index in [1.54, 1.807) is 12.1 Å². The number of benzene rings is 1. The van der Waals surface area contributed by atoms with E-state index in [1.807, 2.05) is 19.2 Å². The van der Waals surface area contributed by atoms with Gasteiger partial charge in [0, 0.05) is 24.2 Å². The quantitative estimate of drug-likeness (QED) is 0.456. The van der Waals surface area contributed by atoms with Crippen molar-refractivity contribution in [3.63, 3.8) is 0 Å². The van der Waals surface area contributed by atoms with E-state index < -0.39 is 4.92 Å². The Balaban J connectivity index is 2.33. The summed E-state index contributed by atoms with van der Waals surface area (Å²) < 4.78 is 0. The minimum absolute atomic E-state index is 0.0453. The van der Waals surface area contributed by atoms with Gasteiger partial charge in [0.25, 0.3) is 5.69 Å². The molecule has 0 N–H and O–H groups in total. The largest absolute Gasteiger partial charge is 0.302 e. The van der Waals surface area contributed by atoms with Gasteiger partial charge in [0.05, 0.1) is 10.6 Å². The van der Waals surface area contributed by atoms with Crippen molar-refractivity contribution in [3.8, 4) is 11.3 Å². The molecule has 116 valence electrons. The summed E-state index contributed by atoms with van der Waals surface area (Å²) in [5, 5.41) is 11.3. The van der Waals surface area contributed by atoms with E-state index in [4.69, 9.17) is 11.6 Å². The number of halogens is 1. The summed E-state index contributed by atoms with van der Waals surface area (Å²) in [6.45, 7) is 3.88. The molecule has 0 aliphatic rings. The molecule has 22 heavy (non-hydrogen) atoms. The van der Waals surface area contributed by atoms with Crippen LogP contribution in [0.5, 0.6) is 0 Å². The molecule has 2 rings (SSSR count). The van der Waals surface area contributed by atoms with Crippen molar-refractivity contribution in [2.24, 2.45) is 0 Å². The van der Waals surface area contributed by atoms with Crippen molar-refractivity contribution in [3.05, 3.63) is 57.2 Å². The van der Waals surface area contributed by atoms with Crippen molar-refractivity contribution in [1.29, 1.82) is 0 Å². The van der Waals surface area contributed by atoms with Gasteiger partial charge in [-0.2, -0.15) is 0 Å². The van der Waals surface area contributed by atoms with Gasteiger partial charge in [0.2, 0.25) is 0 Å². The predicted octanol–water partition coefficient (Wildman–Crippen LogP) is 4.15. The molecule has 0 saturated carbocycles. The first-order valence-corrected chi connectivity index (χ1v) is 7.47. The molecule has 0 aliphatic carbocycles. The number of aromatic nitrogens is 1. The Morgan fingerprint density at radius 3 is 2.77 bits per heavy atom. The molecular formula is C16H18ClN3O2. The van der Waals surface area contributed by atoms with Gasteiger partial charge in [-0.05, 0) is 37.7 Å². The first-order valence-electron chi connectivity index (χ1n) is 7.09. The van der Waals surface area contributed by atoms with Crippen LogP contribution in [0.3, 0.4) is 0 Å². The summed E-state index contributed by atoms with van der Waals surface area (Å²) >= 11 is 6.10. The molecule has 1 heterocycles. The Hall–Kier alpha value is -1.98. The van der Waals surface area contributed by atoms with Crippen LogP contribution in [0.15, 0.2) is 36.4 Å². The van der Waals surface area contributed by atoms with Gasteiger partial charge in [-0.25, -0.2) is 4.98 Å². The highest BCUT2D eigenvalue weighted by molar-refractivity contribution is 6.29. The third-order valence-electron chi connectivity index (χ3n) is 3.26. The number of nitrogens with zero attached hydrogens (tertiary/aromatic N) is 3. The van der Waals surface area contributed by atoms with Crippen molar-refractivity contribution in [2.75, 3.05) is 13.6 Å². The normalized spacial score (nSPS) is 10.9. The lowest BCUT2D eigenvalue weighted by atomic mass is 10.1. The second-order valence-corrected chi connectivity index (χ2v) is 5.62. The van der Waals surface area contributed by atoms with Crippen LogP contribution in [0, 0.1) is 10.1 Å². The van der Waals surface area contributed by atoms with Crippen molar-refractivity contribution in [2.45, 2.75) is 19.9 Å². The fourth-order valence-electron chi connectivity index (χ4n) is 2.34. The standard InChI is InChI=1S/C16H18ClN3O2/c1-3-7-19(2)11-12-8-15(18-16(17)9-12)13-5-4-6-14(10-13)20(21)22/h4-6,8-10H,3,7,11H2,1-2H3. The molecule has 0 spiro atoms. The van der Waals surface area contributed by atoms with Crippen LogP contribution in [-0.4, -0.2) is 28.4 Å². The summed E-state index contributed by atoms with van der Waals surface area (Å²) in [5.74, 6) is 0. The molecule has 0 amide bonds. The highest BCUT2D eigenvalue weighted by Gasteiger charge is 2.10. The highest BCUT2D eigenvalue weighted by atomic mass is 35.5. The zero-order valence-electron chi connectivity index (χ0n) is 12.6. The van der Waals surface area contributed by atoms with Crippen LogP contribution in [-0.2, 0) is 6.54 Å². The molecule has 1 aromatic heterocycles. The average molecular weight is 320 g/mol. The van der Waals surface area contributed by atoms with Gasteiger partial charge in [0.15, 0.2) is 0 Å². The average Bonchev–Trinajstić information content (AvgIpc) is 2.47. The fraction of sp³-hybridized carbons (Fsp3) is 0.312. The van der Waals surface area contributed by atoms with Crippen molar-refractivity contribution >= 4 is 17.3 Å². The number of nitro benzene ring substituents is 1. The molecule has 2 aromatic rings. The van der Waals surface area contributed by atoms with Crippen molar-refractivity contribution in [1.82, 2.24) is 9.88 Å². The predicted molar refractivity (Wildman–Crippen MR) is 88.0 cm³/mol. The van der Waals surface area contributed by atoms with E-state index in [-0.39, 0.29) is 5.69 Å². The second kappa shape index (κ2) is 7.33. The zero-order valence-corrected chi connectivity index (χ0v) is 13.4. The summed E-state index contributed by atoms with van der Waals surface area (Å²) in [6, 6.07) is 10.2. The van der Waals surface area contributed by atoms with Crippen LogP contribution in [0.1, 0.15) is 18.9 Å². The van der Waals surface area contributed by atoms with Gasteiger partial charge in [-0.1, -0.05) is 30.7 Å². The maximum absolute atomic E-state index is 10.9. The molecule has 0 aliphatic heterocycles. The number of nitro groups is 1. The van der Waals surface area contributed by atoms with Crippen molar-refractivity contribution < 1.29 is 4.92 Å². The fourth-order valence-corrected chi connectivity index (χ4v) is 2.57. The molecule has 0 bridgehead atoms. The Morgan fingerprint density at radius 1 is 1.32 bits per heavy atom. The first kappa shape index (κ1) is 16.4. The maximum Gasteiger partial charge on any atom is 0.270 e. The summed E-state index contributed by atoms with van der Waals surface area (Å²) in [6.07, 6.45) is 1.08. The molecule has 0 atom stereocenters. The van der Waals surface area contributed by atoms with Gasteiger partial charge in [-0.15, -0.1) is 0 Å². The lowest BCUT2D eigenvalue weighted by molar-refractivity contribution is -0.384. The molecule has 5 nitrogen and oxygen atoms in total. The Labute approximate surface area is 134 Å². The molecule has 1 aromatic carbocycles. The number of pyridine rings is 1. The topological polar surface area (TPSA) is 59.3 Å². The Kier molecular flexibility index (Phi) is 5.46. The number of rotatable bonds is 6. The third-order valence-corrected chi connectivity index (χ3v) is 3.46. The van der Waals surface area contributed by atoms with Crippen LogP contribution in [0.25, 0.3) is 11.3 Å². The Bertz CT molecular complexity index is 676. The van der Waals surface area contributed by atoms with E-state index in [0.29, 0.717) is 16.4 Å². The first-order chi connectivity index (χ1) is 10.5. The van der Waals surface area contributed by atoms with E-state index >= 15 is 0 Å². The molecule has 0 unspecified atom stereocenters. The Morgan fingerprint density at radius 2 is 2.09 bits per heavy atom. The van der Waals surface area contributed by atoms with E-state index in [2.05, 4.69) is 16.8 Å². The highest BCUT2D eigenvalue weighted by Crippen LogP contribution is 2.25. The minimum atomic E-state index is -0.413. The monoisotopic (exact) mass is 319 g/mol. The molecule has 0 saturated heterocycles. The summed E-state index contributed by atoms with van der Waals surface area (Å²) in [4.78, 5) is 17.0. The second-order valence-electron chi connectivity index (χ2n) is 5.23. The molecule has 0 radical (unpaired) electrons. The van der Waals surface area contributed by atoms with Gasteiger partial charge < -0.3 is 4.90 Å². The van der Waals surface area contributed by atoms with Gasteiger partial charge in [0.1, 0.15) is 5.15 Å². The van der Waals surface area contributed by atoms with Crippen LogP contribution < -0.4 is 0 Å². The third kappa shape index (κ3) is 4.26. The lowest BCUT2D eigenvalue weighted by Gasteiger charge is -2.16. The molecule has 0 fully saturated rings. The molecule has 6 heteroatoms. The van der Waals surface area contributed by atoms with Gasteiger partial charge >= 0.3 is 0 Å². The number of hydrogen-bond acceptors (Lipinski definition) is 4. The van der Waals surface area contributed by atoms with E-state index in [0.717, 1.165) is 25.1 Å². The minimum Gasteiger partial charge on any atom is -0.302 e.